The number of nitrogens with zero attached hydrogens (tertiary/aromatic N) is 1. The zero-order valence-electron chi connectivity index (χ0n) is 8.92. The van der Waals surface area contributed by atoms with Crippen LogP contribution in [-0.4, -0.2) is 30.3 Å². The van der Waals surface area contributed by atoms with Gasteiger partial charge in [0.15, 0.2) is 5.11 Å². The predicted molar refractivity (Wildman–Crippen MR) is 61.8 cm³/mol. The Morgan fingerprint density at radius 3 is 2.57 bits per heavy atom. The van der Waals surface area contributed by atoms with Gasteiger partial charge in [-0.2, -0.15) is 0 Å². The number of hydrogen-bond acceptors (Lipinski definition) is 2. The maximum Gasteiger partial charge on any atom is 0.181 e. The van der Waals surface area contributed by atoms with Crippen molar-refractivity contribution < 1.29 is 0 Å². The summed E-state index contributed by atoms with van der Waals surface area (Å²) in [4.78, 5) is 0. The Morgan fingerprint density at radius 2 is 2.07 bits per heavy atom. The molecule has 0 aromatic heterocycles. The lowest BCUT2D eigenvalue weighted by molar-refractivity contribution is 0.342. The van der Waals surface area contributed by atoms with Gasteiger partial charge in [-0.1, -0.05) is 6.42 Å². The number of rotatable bonds is 2. The van der Waals surface area contributed by atoms with E-state index in [0.717, 1.165) is 16.9 Å². The minimum absolute atomic E-state index is 0.633. The van der Waals surface area contributed by atoms with Crippen LogP contribution < -0.4 is 10.7 Å². The molecule has 0 saturated heterocycles. The molecule has 2 aliphatic rings. The molecule has 14 heavy (non-hydrogen) atoms. The topological polar surface area (TPSA) is 27.3 Å². The van der Waals surface area contributed by atoms with Gasteiger partial charge in [0, 0.05) is 20.1 Å². The monoisotopic (exact) mass is 213 g/mol. The first-order chi connectivity index (χ1) is 6.65. The van der Waals surface area contributed by atoms with E-state index in [1.54, 1.807) is 0 Å². The summed E-state index contributed by atoms with van der Waals surface area (Å²) in [6, 6.07) is 0.633. The van der Waals surface area contributed by atoms with E-state index in [1.807, 2.05) is 19.1 Å². The SMILES string of the molecule is CN(C)NC(=S)N[C@@H]1C[C@@H]2CC[C@H]1C2. The Hall–Kier alpha value is -0.350. The first-order valence-corrected chi connectivity index (χ1v) is 5.80. The van der Waals surface area contributed by atoms with Crippen LogP contribution in [-0.2, 0) is 0 Å². The van der Waals surface area contributed by atoms with Gasteiger partial charge in [-0.25, -0.2) is 5.01 Å². The van der Waals surface area contributed by atoms with Gasteiger partial charge in [-0.15, -0.1) is 0 Å². The molecule has 0 aliphatic heterocycles. The van der Waals surface area contributed by atoms with E-state index in [0.29, 0.717) is 6.04 Å². The van der Waals surface area contributed by atoms with Gasteiger partial charge in [0.2, 0.25) is 0 Å². The van der Waals surface area contributed by atoms with Gasteiger partial charge in [0.25, 0.3) is 0 Å². The van der Waals surface area contributed by atoms with Crippen LogP contribution in [0.15, 0.2) is 0 Å². The van der Waals surface area contributed by atoms with Gasteiger partial charge in [-0.05, 0) is 43.3 Å². The largest absolute Gasteiger partial charge is 0.359 e. The first-order valence-electron chi connectivity index (χ1n) is 5.39. The quantitative estimate of drug-likeness (QED) is 0.531. The molecule has 3 nitrogen and oxygen atoms in total. The van der Waals surface area contributed by atoms with Crippen LogP contribution in [0.5, 0.6) is 0 Å². The molecule has 0 amide bonds. The number of nitrogens with one attached hydrogen (secondary N) is 2. The summed E-state index contributed by atoms with van der Waals surface area (Å²) < 4.78 is 0. The molecule has 2 N–H and O–H groups in total. The van der Waals surface area contributed by atoms with Crippen molar-refractivity contribution in [2.45, 2.75) is 31.7 Å². The summed E-state index contributed by atoms with van der Waals surface area (Å²) in [5.74, 6) is 1.85. The molecule has 0 unspecified atom stereocenters. The Balaban J connectivity index is 1.78. The fourth-order valence-electron chi connectivity index (χ4n) is 2.83. The van der Waals surface area contributed by atoms with Crippen LogP contribution >= 0.6 is 12.2 Å². The molecule has 0 heterocycles. The van der Waals surface area contributed by atoms with Gasteiger partial charge in [0.1, 0.15) is 0 Å². The normalized spacial score (nSPS) is 34.9. The van der Waals surface area contributed by atoms with E-state index in [4.69, 9.17) is 12.2 Å². The maximum atomic E-state index is 5.22. The third-order valence-electron chi connectivity index (χ3n) is 3.38. The first kappa shape index (κ1) is 10.2. The van der Waals surface area contributed by atoms with E-state index < -0.39 is 0 Å². The molecule has 2 rings (SSSR count). The van der Waals surface area contributed by atoms with E-state index in [2.05, 4.69) is 10.7 Å². The lowest BCUT2D eigenvalue weighted by atomic mass is 9.96. The van der Waals surface area contributed by atoms with Gasteiger partial charge >= 0.3 is 0 Å². The van der Waals surface area contributed by atoms with Crippen molar-refractivity contribution in [3.8, 4) is 0 Å². The summed E-state index contributed by atoms with van der Waals surface area (Å²) >= 11 is 5.22. The second kappa shape index (κ2) is 4.03. The minimum Gasteiger partial charge on any atom is -0.359 e. The summed E-state index contributed by atoms with van der Waals surface area (Å²) in [5, 5.41) is 6.07. The zero-order chi connectivity index (χ0) is 10.1. The Bertz CT molecular complexity index is 229. The van der Waals surface area contributed by atoms with Crippen LogP contribution in [0.25, 0.3) is 0 Å². The summed E-state index contributed by atoms with van der Waals surface area (Å²) in [5.41, 5.74) is 3.08. The van der Waals surface area contributed by atoms with Crippen molar-refractivity contribution in [2.75, 3.05) is 14.1 Å². The van der Waals surface area contributed by atoms with E-state index in [9.17, 15) is 0 Å². The van der Waals surface area contributed by atoms with Crippen LogP contribution in [0, 0.1) is 11.8 Å². The number of fused-ring (bicyclic) bond motifs is 2. The molecule has 0 aromatic carbocycles. The predicted octanol–water partition coefficient (Wildman–Crippen LogP) is 1.12. The van der Waals surface area contributed by atoms with Crippen LogP contribution in [0.2, 0.25) is 0 Å². The second-order valence-electron chi connectivity index (χ2n) is 4.76. The molecule has 2 aliphatic carbocycles. The van der Waals surface area contributed by atoms with E-state index >= 15 is 0 Å². The van der Waals surface area contributed by atoms with Crippen LogP contribution in [0.1, 0.15) is 25.7 Å². The van der Waals surface area contributed by atoms with Gasteiger partial charge in [0.05, 0.1) is 0 Å². The highest BCUT2D eigenvalue weighted by molar-refractivity contribution is 7.80. The highest BCUT2D eigenvalue weighted by atomic mass is 32.1. The molecule has 0 aromatic rings. The highest BCUT2D eigenvalue weighted by Gasteiger charge is 2.39. The molecule has 2 bridgehead atoms. The van der Waals surface area contributed by atoms with Crippen LogP contribution in [0.4, 0.5) is 0 Å². The number of hydrogen-bond donors (Lipinski definition) is 2. The lowest BCUT2D eigenvalue weighted by Gasteiger charge is -2.25. The maximum absolute atomic E-state index is 5.22. The number of hydrazine groups is 1. The molecule has 2 fully saturated rings. The fourth-order valence-corrected chi connectivity index (χ4v) is 3.16. The Labute approximate surface area is 91.2 Å². The molecule has 4 heteroatoms. The molecule has 80 valence electrons. The van der Waals surface area contributed by atoms with Crippen molar-refractivity contribution in [3.63, 3.8) is 0 Å². The zero-order valence-corrected chi connectivity index (χ0v) is 9.73. The summed E-state index contributed by atoms with van der Waals surface area (Å²) in [6.45, 7) is 0. The standard InChI is InChI=1S/C10H19N3S/c1-13(2)12-10(14)11-9-6-7-3-4-8(9)5-7/h7-9H,3-6H2,1-2H3,(H2,11,12,14)/t7-,8+,9-/m1/s1. The van der Waals surface area contributed by atoms with Gasteiger partial charge < -0.3 is 5.32 Å². The van der Waals surface area contributed by atoms with Crippen molar-refractivity contribution in [3.05, 3.63) is 0 Å². The fraction of sp³-hybridized carbons (Fsp3) is 0.900. The Morgan fingerprint density at radius 1 is 1.29 bits per heavy atom. The summed E-state index contributed by atoms with van der Waals surface area (Å²) in [6.07, 6.45) is 5.58. The smallest absolute Gasteiger partial charge is 0.181 e. The molecular formula is C10H19N3S. The molecular weight excluding hydrogens is 194 g/mol. The third-order valence-corrected chi connectivity index (χ3v) is 3.59. The van der Waals surface area contributed by atoms with E-state index in [-0.39, 0.29) is 0 Å². The average Bonchev–Trinajstić information content (AvgIpc) is 2.62. The van der Waals surface area contributed by atoms with Crippen LogP contribution in [0.3, 0.4) is 0 Å². The minimum atomic E-state index is 0.633. The van der Waals surface area contributed by atoms with Crippen molar-refractivity contribution in [1.82, 2.24) is 15.8 Å². The lowest BCUT2D eigenvalue weighted by Crippen LogP contribution is -2.48. The molecule has 3 atom stereocenters. The third kappa shape index (κ3) is 2.17. The van der Waals surface area contributed by atoms with E-state index in [1.165, 1.54) is 25.7 Å². The average molecular weight is 213 g/mol. The van der Waals surface area contributed by atoms with Crippen molar-refractivity contribution in [1.29, 1.82) is 0 Å². The second-order valence-corrected chi connectivity index (χ2v) is 5.17. The summed E-state index contributed by atoms with van der Waals surface area (Å²) in [7, 11) is 3.91. The number of thiocarbonyl (C=S) groups is 1. The van der Waals surface area contributed by atoms with Crippen molar-refractivity contribution >= 4 is 17.3 Å². The Kier molecular flexibility index (Phi) is 2.93. The van der Waals surface area contributed by atoms with Gasteiger partial charge in [-0.3, -0.25) is 5.43 Å². The highest BCUT2D eigenvalue weighted by Crippen LogP contribution is 2.44. The van der Waals surface area contributed by atoms with Crippen molar-refractivity contribution in [2.24, 2.45) is 11.8 Å². The molecule has 0 spiro atoms. The molecule has 2 saturated carbocycles. The molecule has 0 radical (unpaired) electrons.